The minimum atomic E-state index is -6.09. The predicted molar refractivity (Wildman–Crippen MR) is 434 cm³/mol. The minimum Gasteiger partial charge on any atom is -0.748 e. The number of ether oxygens (including phenoxy) is 4. The average Bonchev–Trinajstić information content (AvgIpc) is 1.45. The molecule has 0 N–H and O–H groups in total. The lowest BCUT2D eigenvalue weighted by atomic mass is 9.49. The lowest BCUT2D eigenvalue weighted by Crippen LogP contribution is -2.50. The van der Waals surface area contributed by atoms with Gasteiger partial charge in [0.2, 0.25) is 0 Å². The molecule has 116 heavy (non-hydrogen) atoms. The van der Waals surface area contributed by atoms with Gasteiger partial charge in [-0.3, -0.25) is 23.4 Å². The van der Waals surface area contributed by atoms with Crippen molar-refractivity contribution in [1.82, 2.24) is 0 Å². The van der Waals surface area contributed by atoms with Crippen LogP contribution >= 0.6 is 0 Å². The Hall–Kier alpha value is -6.90. The van der Waals surface area contributed by atoms with E-state index in [1.165, 1.54) is 85.0 Å². The maximum absolute atomic E-state index is 13.4. The fourth-order valence-corrected chi connectivity index (χ4v) is 28.5. The summed E-state index contributed by atoms with van der Waals surface area (Å²) in [5.74, 6) is 1.18. The number of carbonyl (C=O) groups excluding carboxylic acids is 4. The molecule has 2 saturated heterocycles. The van der Waals surface area contributed by atoms with Gasteiger partial charge in [-0.1, -0.05) is 127 Å². The van der Waals surface area contributed by atoms with Crippen molar-refractivity contribution >= 4 is 98.0 Å². The highest BCUT2D eigenvalue weighted by Gasteiger charge is 2.63. The van der Waals surface area contributed by atoms with Gasteiger partial charge in [0.1, 0.15) is 68.7 Å². The molecule has 0 spiro atoms. The zero-order valence-corrected chi connectivity index (χ0v) is 70.2. The van der Waals surface area contributed by atoms with Crippen LogP contribution in [-0.2, 0) is 116 Å². The fraction of sp³-hybridized carbons (Fsp3) is 0.471. The molecule has 0 amide bonds. The Kier molecular flexibility index (Phi) is 30.1. The van der Waals surface area contributed by atoms with Gasteiger partial charge >= 0.3 is 29.1 Å². The molecule has 19 rings (SSSR count). The second-order valence-electron chi connectivity index (χ2n) is 32.0. The highest BCUT2D eigenvalue weighted by Crippen LogP contribution is 2.62. The van der Waals surface area contributed by atoms with Crippen LogP contribution in [0.15, 0.2) is 241 Å². The van der Waals surface area contributed by atoms with Gasteiger partial charge in [0, 0.05) is 29.2 Å². The summed E-state index contributed by atoms with van der Waals surface area (Å²) in [4.78, 5) is 57.0. The summed E-state index contributed by atoms with van der Waals surface area (Å²) in [6.45, 7) is 1.14. The third kappa shape index (κ3) is 23.4. The normalized spacial score (nSPS) is 27.1. The first kappa shape index (κ1) is 88.4. The van der Waals surface area contributed by atoms with E-state index in [1.54, 1.807) is 4.90 Å². The van der Waals surface area contributed by atoms with Crippen molar-refractivity contribution in [2.45, 2.75) is 186 Å². The zero-order valence-electron chi connectivity index (χ0n) is 64.5. The molecule has 0 radical (unpaired) electrons. The summed E-state index contributed by atoms with van der Waals surface area (Å²) in [5.41, 5.74) is 0.351. The summed E-state index contributed by atoms with van der Waals surface area (Å²) >= 11 is -1.34. The second kappa shape index (κ2) is 39.5. The standard InChI is InChI=1S/C19H17S.C18H15S.C15H21F3O5S.C15H22O7S.C11H15S.C9H12O7S2/c1-16-12-14-19(15-13-16)20(17-8-4-2-5-9-17)18-10-6-3-7-11-18;1-4-10-16(11-5-1)19(17-12-6-2-7-13-17)18-14-8-3-9-15-18;16-12(15(17,18)24(20,21)22)1-2-23-13(19)14-6-9-3-10(7-14)5-11(4-9)8-14;16-13(9-23(18,19)20)21-1-2-22-14(17)15-6-10-3-11(7-15)5-12(4-10)8-15;1-3-7-11(8-4-1)12-9-5-2-6-10-12;10-7(3-18(12,13)14)15-8-4-1-5-6(2-4)17(11)16-9(5)8/h2-15H,1H3;1-15H;9-12H,1-8H2,(H,20,21,22);10-12H,1-9H2,(H,18,19,20);1,3-4,7-8H,2,5-6,9-10H2;4-6,8-9H,1-3H2,(H,12,13,14)/q2*+1;;;+1;/p-3. The Morgan fingerprint density at radius 3 is 1.22 bits per heavy atom. The monoisotopic (exact) mass is 1730 g/mol. The van der Waals surface area contributed by atoms with E-state index >= 15 is 0 Å². The molecule has 10 aliphatic carbocycles. The molecule has 7 atom stereocenters. The number of alkyl halides is 3. The molecule has 0 aromatic heterocycles. The van der Waals surface area contributed by atoms with Crippen molar-refractivity contribution in [2.24, 2.45) is 58.2 Å². The van der Waals surface area contributed by atoms with E-state index < -0.39 is 113 Å². The minimum absolute atomic E-state index is 0.0122. The van der Waals surface area contributed by atoms with E-state index in [-0.39, 0.29) is 63.5 Å². The Labute approximate surface area is 690 Å². The van der Waals surface area contributed by atoms with Crippen molar-refractivity contribution in [3.05, 3.63) is 212 Å². The molecule has 624 valence electrons. The first-order valence-electron chi connectivity index (χ1n) is 39.5. The van der Waals surface area contributed by atoms with Gasteiger partial charge < -0.3 is 32.6 Å². The molecule has 10 bridgehead atoms. The Morgan fingerprint density at radius 2 is 0.845 bits per heavy atom. The number of esters is 4. The van der Waals surface area contributed by atoms with Gasteiger partial charge in [0.25, 0.3) is 0 Å². The molecule has 7 unspecified atom stereocenters. The van der Waals surface area contributed by atoms with Crippen LogP contribution in [-0.4, -0.2) is 139 Å². The van der Waals surface area contributed by atoms with Crippen LogP contribution < -0.4 is 0 Å². The van der Waals surface area contributed by atoms with Crippen molar-refractivity contribution in [3.8, 4) is 0 Å². The van der Waals surface area contributed by atoms with E-state index in [0.717, 1.165) is 64.2 Å². The molecule has 7 aromatic rings. The molecule has 2 aliphatic heterocycles. The summed E-state index contributed by atoms with van der Waals surface area (Å²) in [6.07, 6.45) is 12.5. The third-order valence-corrected chi connectivity index (χ3v) is 34.0. The van der Waals surface area contributed by atoms with Crippen molar-refractivity contribution < 1.29 is 98.6 Å². The summed E-state index contributed by atoms with van der Waals surface area (Å²) in [7, 11) is -14.8. The van der Waals surface area contributed by atoms with Crippen LogP contribution in [0.5, 0.6) is 0 Å². The van der Waals surface area contributed by atoms with E-state index in [2.05, 4.69) is 218 Å². The van der Waals surface area contributed by atoms with E-state index in [4.69, 9.17) is 18.4 Å². The van der Waals surface area contributed by atoms with Crippen LogP contribution in [0.2, 0.25) is 0 Å². The fourth-order valence-electron chi connectivity index (χ4n) is 19.3. The average molecular weight is 1730 g/mol. The quantitative estimate of drug-likeness (QED) is 0.0200. The number of halogens is 3. The number of rotatable bonds is 22. The van der Waals surface area contributed by atoms with Crippen LogP contribution in [0.1, 0.15) is 121 Å². The molecule has 29 heteroatoms. The Balaban J connectivity index is 0.000000130. The number of fused-ring (bicyclic) bond motifs is 1. The van der Waals surface area contributed by atoms with Crippen molar-refractivity contribution in [3.63, 3.8) is 0 Å². The first-order valence-corrected chi connectivity index (χ1v) is 49.3. The number of aryl methyl sites for hydroxylation is 1. The van der Waals surface area contributed by atoms with Crippen molar-refractivity contribution in [2.75, 3.05) is 42.8 Å². The molecule has 7 aromatic carbocycles. The summed E-state index contributed by atoms with van der Waals surface area (Å²) < 4.78 is 170. The molecule has 19 nitrogen and oxygen atoms in total. The molecular formula is C87H99F3O19S7. The largest absolute Gasteiger partial charge is 0.748 e. The zero-order chi connectivity index (χ0) is 82.4. The van der Waals surface area contributed by atoms with Crippen LogP contribution in [0.4, 0.5) is 13.2 Å². The number of hydrogen-bond acceptors (Lipinski definition) is 19. The first-order chi connectivity index (χ1) is 55.4. The predicted octanol–water partition coefficient (Wildman–Crippen LogP) is 15.1. The SMILES string of the molecule is Cc1ccc([S+](c2ccccc2)c2ccccc2)cc1.O=C(CS(=O)(=O)[O-])OC1C2CC3C1OS(=O)C3C2.O=C(CS(=O)(=O)[O-])OCCOC(=O)C12CC3CC(CC(C3)C1)C2.O=C(OCCC(F)C(F)(F)S(=O)(=O)[O-])C12CC3CC(CC(C3)C1)C2.c1ccc([S+](c2ccccc2)c2ccccc2)cc1.c1ccc([S+]2CCCCC2)cc1. The van der Waals surface area contributed by atoms with Crippen molar-refractivity contribution in [1.29, 1.82) is 0 Å². The summed E-state index contributed by atoms with van der Waals surface area (Å²) in [6, 6.07) is 73.5. The molecule has 2 heterocycles. The van der Waals surface area contributed by atoms with Gasteiger partial charge in [0.05, 0.1) is 44.5 Å². The van der Waals surface area contributed by atoms with E-state index in [9.17, 15) is 75.5 Å². The number of carbonyl (C=O) groups is 4. The smallest absolute Gasteiger partial charge is 0.364 e. The third-order valence-electron chi connectivity index (χ3n) is 23.4. The number of hydrogen-bond donors (Lipinski definition) is 0. The van der Waals surface area contributed by atoms with Gasteiger partial charge in [-0.05, 0) is 237 Å². The van der Waals surface area contributed by atoms with E-state index in [0.29, 0.717) is 52.8 Å². The van der Waals surface area contributed by atoms with Gasteiger partial charge in [-0.2, -0.15) is 8.78 Å². The van der Waals surface area contributed by atoms with Gasteiger partial charge in [0.15, 0.2) is 61.6 Å². The Bertz CT molecular complexity index is 4590. The highest BCUT2D eigenvalue weighted by molar-refractivity contribution is 7.97. The lowest BCUT2D eigenvalue weighted by Gasteiger charge is -2.55. The topological polar surface area (TPSA) is 303 Å². The van der Waals surface area contributed by atoms with E-state index in [1.807, 2.05) is 0 Å². The maximum atomic E-state index is 13.4. The molecule has 10 saturated carbocycles. The van der Waals surface area contributed by atoms with Gasteiger partial charge in [-0.25, -0.2) is 33.9 Å². The van der Waals surface area contributed by atoms with Crippen LogP contribution in [0.3, 0.4) is 0 Å². The lowest BCUT2D eigenvalue weighted by molar-refractivity contribution is -0.174. The second-order valence-corrected chi connectivity index (χ2v) is 43.9. The summed E-state index contributed by atoms with van der Waals surface area (Å²) in [5, 5.41) is -5.00. The maximum Gasteiger partial charge on any atom is 0.364 e. The molecular weight excluding hydrogens is 1630 g/mol. The van der Waals surface area contributed by atoms with Gasteiger partial charge in [-0.15, -0.1) is 0 Å². The molecule has 12 aliphatic rings. The number of benzene rings is 7. The highest BCUT2D eigenvalue weighted by atomic mass is 32.2. The van der Waals surface area contributed by atoms with Crippen LogP contribution in [0, 0.1) is 65.1 Å². The Morgan fingerprint density at radius 1 is 0.491 bits per heavy atom. The van der Waals surface area contributed by atoms with Crippen LogP contribution in [0.25, 0.3) is 0 Å². The molecule has 12 fully saturated rings.